The molecule has 0 bridgehead atoms. The van der Waals surface area contributed by atoms with Crippen molar-refractivity contribution in [1.82, 2.24) is 5.32 Å². The van der Waals surface area contributed by atoms with Crippen LogP contribution in [-0.4, -0.2) is 19.1 Å². The van der Waals surface area contributed by atoms with Gasteiger partial charge in [0.2, 0.25) is 0 Å². The van der Waals surface area contributed by atoms with Crippen LogP contribution in [0.5, 0.6) is 5.75 Å². The summed E-state index contributed by atoms with van der Waals surface area (Å²) in [6, 6.07) is 16.4. The molecule has 0 aromatic heterocycles. The van der Waals surface area contributed by atoms with Crippen LogP contribution in [0.25, 0.3) is 0 Å². The second-order valence-corrected chi connectivity index (χ2v) is 7.52. The highest BCUT2D eigenvalue weighted by molar-refractivity contribution is 7.98. The number of hydrogen-bond acceptors (Lipinski definition) is 3. The van der Waals surface area contributed by atoms with E-state index >= 15 is 0 Å². The normalized spacial score (nSPS) is 14.9. The Labute approximate surface area is 154 Å². The molecule has 2 aromatic rings. The topological polar surface area (TPSA) is 38.3 Å². The summed E-state index contributed by atoms with van der Waals surface area (Å²) in [6.07, 6.45) is 5.98. The molecule has 0 radical (unpaired) electrons. The second-order valence-electron chi connectivity index (χ2n) is 6.47. The molecule has 1 fully saturated rings. The maximum atomic E-state index is 12.3. The van der Waals surface area contributed by atoms with Crippen molar-refractivity contribution in [3.8, 4) is 5.75 Å². The number of ether oxygens (including phenoxy) is 1. The molecule has 0 unspecified atom stereocenters. The smallest absolute Gasteiger partial charge is 0.251 e. The predicted molar refractivity (Wildman–Crippen MR) is 103 cm³/mol. The van der Waals surface area contributed by atoms with Crippen LogP contribution in [0.15, 0.2) is 53.4 Å². The highest BCUT2D eigenvalue weighted by Crippen LogP contribution is 2.25. The summed E-state index contributed by atoms with van der Waals surface area (Å²) in [7, 11) is 1.67. The van der Waals surface area contributed by atoms with Gasteiger partial charge in [-0.05, 0) is 54.8 Å². The fourth-order valence-corrected chi connectivity index (χ4v) is 3.96. The van der Waals surface area contributed by atoms with E-state index in [0.717, 1.165) is 29.9 Å². The van der Waals surface area contributed by atoms with Crippen LogP contribution >= 0.6 is 11.8 Å². The zero-order chi connectivity index (χ0) is 17.5. The Hall–Kier alpha value is -1.94. The van der Waals surface area contributed by atoms with Crippen LogP contribution in [0, 0.1) is 0 Å². The van der Waals surface area contributed by atoms with Crippen molar-refractivity contribution in [2.75, 3.05) is 7.11 Å². The molecule has 132 valence electrons. The minimum absolute atomic E-state index is 0.0567. The summed E-state index contributed by atoms with van der Waals surface area (Å²) in [5.41, 5.74) is 1.97. The lowest BCUT2D eigenvalue weighted by molar-refractivity contribution is 0.0927. The van der Waals surface area contributed by atoms with Crippen LogP contribution in [0.4, 0.5) is 0 Å². The monoisotopic (exact) mass is 355 g/mol. The minimum Gasteiger partial charge on any atom is -0.497 e. The standard InChI is InChI=1S/C21H25NO2S/c1-24-19-11-13-20(14-12-19)25-15-16-7-9-17(10-8-16)21(23)22-18-5-3-2-4-6-18/h7-14,18H,2-6,15H2,1H3,(H,22,23). The van der Waals surface area contributed by atoms with E-state index in [4.69, 9.17) is 4.74 Å². The number of rotatable bonds is 6. The van der Waals surface area contributed by atoms with Crippen LogP contribution in [-0.2, 0) is 5.75 Å². The molecule has 0 saturated heterocycles. The van der Waals surface area contributed by atoms with Crippen LogP contribution < -0.4 is 10.1 Å². The molecule has 3 nitrogen and oxygen atoms in total. The Morgan fingerprint density at radius 1 is 1.04 bits per heavy atom. The molecule has 1 saturated carbocycles. The van der Waals surface area contributed by atoms with Gasteiger partial charge in [-0.25, -0.2) is 0 Å². The Morgan fingerprint density at radius 3 is 2.36 bits per heavy atom. The first-order chi connectivity index (χ1) is 12.2. The summed E-state index contributed by atoms with van der Waals surface area (Å²) in [6.45, 7) is 0. The molecule has 0 spiro atoms. The predicted octanol–water partition coefficient (Wildman–Crippen LogP) is 5.05. The van der Waals surface area contributed by atoms with Gasteiger partial charge in [-0.15, -0.1) is 11.8 Å². The van der Waals surface area contributed by atoms with Gasteiger partial charge in [-0.3, -0.25) is 4.79 Å². The van der Waals surface area contributed by atoms with E-state index < -0.39 is 0 Å². The van der Waals surface area contributed by atoms with Gasteiger partial charge in [0.25, 0.3) is 5.91 Å². The number of nitrogens with one attached hydrogen (secondary N) is 1. The van der Waals surface area contributed by atoms with E-state index in [1.165, 1.54) is 29.7 Å². The van der Waals surface area contributed by atoms with Crippen molar-refractivity contribution in [3.05, 3.63) is 59.7 Å². The molecule has 1 amide bonds. The number of thioether (sulfide) groups is 1. The molecule has 1 aliphatic rings. The first-order valence-corrected chi connectivity index (χ1v) is 9.90. The van der Waals surface area contributed by atoms with Gasteiger partial charge in [0.15, 0.2) is 0 Å². The van der Waals surface area contributed by atoms with Crippen molar-refractivity contribution in [3.63, 3.8) is 0 Å². The summed E-state index contributed by atoms with van der Waals surface area (Å²) < 4.78 is 5.17. The number of benzene rings is 2. The molecule has 4 heteroatoms. The Bertz CT molecular complexity index is 676. The molecular weight excluding hydrogens is 330 g/mol. The van der Waals surface area contributed by atoms with E-state index in [1.54, 1.807) is 18.9 Å². The van der Waals surface area contributed by atoms with Crippen LogP contribution in [0.3, 0.4) is 0 Å². The fourth-order valence-electron chi connectivity index (χ4n) is 3.11. The molecule has 25 heavy (non-hydrogen) atoms. The lowest BCUT2D eigenvalue weighted by atomic mass is 9.95. The SMILES string of the molecule is COc1ccc(SCc2ccc(C(=O)NC3CCCCC3)cc2)cc1. The van der Waals surface area contributed by atoms with Gasteiger partial charge in [0.05, 0.1) is 7.11 Å². The third kappa shape index (κ3) is 5.27. The quantitative estimate of drug-likeness (QED) is 0.737. The van der Waals surface area contributed by atoms with Gasteiger partial charge in [-0.1, -0.05) is 31.4 Å². The molecule has 0 atom stereocenters. The average molecular weight is 356 g/mol. The lowest BCUT2D eigenvalue weighted by Gasteiger charge is -2.22. The molecule has 1 N–H and O–H groups in total. The highest BCUT2D eigenvalue weighted by atomic mass is 32.2. The molecule has 3 rings (SSSR count). The maximum Gasteiger partial charge on any atom is 0.251 e. The molecular formula is C21H25NO2S. The highest BCUT2D eigenvalue weighted by Gasteiger charge is 2.16. The molecule has 0 heterocycles. The second kappa shape index (κ2) is 8.95. The largest absolute Gasteiger partial charge is 0.497 e. The summed E-state index contributed by atoms with van der Waals surface area (Å²) in [5, 5.41) is 3.17. The first kappa shape index (κ1) is 17.9. The average Bonchev–Trinajstić information content (AvgIpc) is 2.68. The molecule has 1 aliphatic carbocycles. The van der Waals surface area contributed by atoms with Crippen LogP contribution in [0.2, 0.25) is 0 Å². The zero-order valence-corrected chi connectivity index (χ0v) is 15.5. The molecule has 0 aliphatic heterocycles. The number of amides is 1. The van der Waals surface area contributed by atoms with Gasteiger partial charge >= 0.3 is 0 Å². The Kier molecular flexibility index (Phi) is 6.40. The van der Waals surface area contributed by atoms with E-state index in [-0.39, 0.29) is 5.91 Å². The van der Waals surface area contributed by atoms with Crippen molar-refractivity contribution < 1.29 is 9.53 Å². The Morgan fingerprint density at radius 2 is 1.72 bits per heavy atom. The lowest BCUT2D eigenvalue weighted by Crippen LogP contribution is -2.36. The number of carbonyl (C=O) groups excluding carboxylic acids is 1. The Balaban J connectivity index is 1.51. The van der Waals surface area contributed by atoms with Gasteiger partial charge < -0.3 is 10.1 Å². The van der Waals surface area contributed by atoms with Gasteiger partial charge in [0, 0.05) is 22.3 Å². The summed E-state index contributed by atoms with van der Waals surface area (Å²) in [4.78, 5) is 13.5. The summed E-state index contributed by atoms with van der Waals surface area (Å²) >= 11 is 1.78. The van der Waals surface area contributed by atoms with E-state index in [1.807, 2.05) is 36.4 Å². The van der Waals surface area contributed by atoms with Crippen molar-refractivity contribution in [2.45, 2.75) is 48.8 Å². The third-order valence-corrected chi connectivity index (χ3v) is 5.70. The van der Waals surface area contributed by atoms with Crippen molar-refractivity contribution in [1.29, 1.82) is 0 Å². The summed E-state index contributed by atoms with van der Waals surface area (Å²) in [5.74, 6) is 1.82. The molecule has 2 aromatic carbocycles. The number of methoxy groups -OCH3 is 1. The first-order valence-electron chi connectivity index (χ1n) is 8.91. The van der Waals surface area contributed by atoms with Crippen molar-refractivity contribution in [2.24, 2.45) is 0 Å². The maximum absolute atomic E-state index is 12.3. The van der Waals surface area contributed by atoms with E-state index in [2.05, 4.69) is 17.4 Å². The third-order valence-electron chi connectivity index (χ3n) is 4.62. The zero-order valence-electron chi connectivity index (χ0n) is 14.7. The van der Waals surface area contributed by atoms with E-state index in [9.17, 15) is 4.79 Å². The van der Waals surface area contributed by atoms with Gasteiger partial charge in [-0.2, -0.15) is 0 Å². The van der Waals surface area contributed by atoms with Crippen molar-refractivity contribution >= 4 is 17.7 Å². The van der Waals surface area contributed by atoms with Gasteiger partial charge in [0.1, 0.15) is 5.75 Å². The van der Waals surface area contributed by atoms with Crippen LogP contribution in [0.1, 0.15) is 48.0 Å². The number of hydrogen-bond donors (Lipinski definition) is 1. The fraction of sp³-hybridized carbons (Fsp3) is 0.381. The van der Waals surface area contributed by atoms with E-state index in [0.29, 0.717) is 6.04 Å². The minimum atomic E-state index is 0.0567. The number of carbonyl (C=O) groups is 1.